The van der Waals surface area contributed by atoms with Crippen molar-refractivity contribution in [1.82, 2.24) is 14.5 Å². The molecule has 0 saturated heterocycles. The van der Waals surface area contributed by atoms with Crippen molar-refractivity contribution in [2.75, 3.05) is 5.73 Å². The average molecular weight is 176 g/mol. The molecule has 0 saturated carbocycles. The van der Waals surface area contributed by atoms with E-state index in [0.717, 1.165) is 22.3 Å². The topological polar surface area (TPSA) is 56.7 Å². The van der Waals surface area contributed by atoms with Gasteiger partial charge in [0.1, 0.15) is 0 Å². The van der Waals surface area contributed by atoms with Gasteiger partial charge >= 0.3 is 0 Å². The Kier molecular flexibility index (Phi) is 1.52. The third kappa shape index (κ3) is 0.983. The van der Waals surface area contributed by atoms with Crippen molar-refractivity contribution in [3.63, 3.8) is 0 Å². The molecule has 0 bridgehead atoms. The van der Waals surface area contributed by atoms with Crippen LogP contribution in [0.4, 0.5) is 5.95 Å². The van der Waals surface area contributed by atoms with Crippen LogP contribution in [0.1, 0.15) is 11.3 Å². The first-order valence-corrected chi connectivity index (χ1v) is 4.15. The summed E-state index contributed by atoms with van der Waals surface area (Å²) in [7, 11) is 1.90. The summed E-state index contributed by atoms with van der Waals surface area (Å²) < 4.78 is 1.87. The first kappa shape index (κ1) is 8.04. The molecule has 0 aromatic carbocycles. The zero-order valence-corrected chi connectivity index (χ0v) is 8.00. The summed E-state index contributed by atoms with van der Waals surface area (Å²) in [6.07, 6.45) is 1.82. The van der Waals surface area contributed by atoms with Gasteiger partial charge in [-0.25, -0.2) is 4.98 Å². The van der Waals surface area contributed by atoms with E-state index in [4.69, 9.17) is 5.73 Å². The molecule has 0 fully saturated rings. The molecule has 2 rings (SSSR count). The van der Waals surface area contributed by atoms with Crippen molar-refractivity contribution < 1.29 is 0 Å². The van der Waals surface area contributed by atoms with Crippen molar-refractivity contribution in [2.45, 2.75) is 13.8 Å². The van der Waals surface area contributed by atoms with Gasteiger partial charge < -0.3 is 10.3 Å². The lowest BCUT2D eigenvalue weighted by Gasteiger charge is -2.00. The predicted molar refractivity (Wildman–Crippen MR) is 52.4 cm³/mol. The molecule has 2 N–H and O–H groups in total. The van der Waals surface area contributed by atoms with E-state index in [9.17, 15) is 0 Å². The van der Waals surface area contributed by atoms with Gasteiger partial charge in [-0.1, -0.05) is 0 Å². The summed E-state index contributed by atoms with van der Waals surface area (Å²) >= 11 is 0. The molecule has 0 amide bonds. The van der Waals surface area contributed by atoms with Gasteiger partial charge in [-0.15, -0.1) is 0 Å². The first-order valence-electron chi connectivity index (χ1n) is 4.15. The highest BCUT2D eigenvalue weighted by Crippen LogP contribution is 2.20. The molecular formula is C9H12N4. The Balaban J connectivity index is 3.00. The number of nitrogens with zero attached hydrogens (tertiary/aromatic N) is 3. The van der Waals surface area contributed by atoms with Gasteiger partial charge in [-0.05, 0) is 19.4 Å². The Morgan fingerprint density at radius 1 is 1.38 bits per heavy atom. The SMILES string of the molecule is Cc1cnc(C)c2c1nc(N)n2C. The van der Waals surface area contributed by atoms with E-state index in [1.165, 1.54) is 0 Å². The highest BCUT2D eigenvalue weighted by Gasteiger charge is 2.09. The van der Waals surface area contributed by atoms with E-state index in [-0.39, 0.29) is 0 Å². The summed E-state index contributed by atoms with van der Waals surface area (Å²) in [4.78, 5) is 8.54. The number of hydrogen-bond acceptors (Lipinski definition) is 3. The maximum Gasteiger partial charge on any atom is 0.200 e. The van der Waals surface area contributed by atoms with Crippen LogP contribution in [0.2, 0.25) is 0 Å². The van der Waals surface area contributed by atoms with Crippen molar-refractivity contribution in [1.29, 1.82) is 0 Å². The van der Waals surface area contributed by atoms with Crippen LogP contribution in [-0.4, -0.2) is 14.5 Å². The Bertz CT molecular complexity index is 470. The number of rotatable bonds is 0. The normalized spacial score (nSPS) is 11.0. The summed E-state index contributed by atoms with van der Waals surface area (Å²) in [5.41, 5.74) is 9.72. The standard InChI is InChI=1S/C9H12N4/c1-5-4-11-6(2)8-7(5)12-9(10)13(8)3/h4H,1-3H3,(H2,10,12). The number of nitrogen functional groups attached to an aromatic ring is 1. The highest BCUT2D eigenvalue weighted by atomic mass is 15.1. The number of fused-ring (bicyclic) bond motifs is 1. The maximum atomic E-state index is 5.71. The third-order valence-electron chi connectivity index (χ3n) is 2.30. The number of pyridine rings is 1. The average Bonchev–Trinajstić information content (AvgIpc) is 2.38. The van der Waals surface area contributed by atoms with Crippen LogP contribution in [0.3, 0.4) is 0 Å². The fourth-order valence-electron chi connectivity index (χ4n) is 1.52. The zero-order chi connectivity index (χ0) is 9.59. The molecule has 0 aliphatic heterocycles. The molecule has 13 heavy (non-hydrogen) atoms. The predicted octanol–water partition coefficient (Wildman–Crippen LogP) is 1.17. The van der Waals surface area contributed by atoms with Crippen LogP contribution < -0.4 is 5.73 Å². The third-order valence-corrected chi connectivity index (χ3v) is 2.30. The molecular weight excluding hydrogens is 164 g/mol. The lowest BCUT2D eigenvalue weighted by molar-refractivity contribution is 0.954. The lowest BCUT2D eigenvalue weighted by Crippen LogP contribution is -1.97. The van der Waals surface area contributed by atoms with E-state index in [2.05, 4.69) is 9.97 Å². The first-order chi connectivity index (χ1) is 6.11. The van der Waals surface area contributed by atoms with Gasteiger partial charge in [0, 0.05) is 13.2 Å². The van der Waals surface area contributed by atoms with Crippen LogP contribution in [-0.2, 0) is 7.05 Å². The second-order valence-corrected chi connectivity index (χ2v) is 3.25. The van der Waals surface area contributed by atoms with E-state index < -0.39 is 0 Å². The second-order valence-electron chi connectivity index (χ2n) is 3.25. The molecule has 0 aliphatic carbocycles. The summed E-state index contributed by atoms with van der Waals surface area (Å²) in [5.74, 6) is 0.536. The van der Waals surface area contributed by atoms with E-state index >= 15 is 0 Å². The Morgan fingerprint density at radius 2 is 2.08 bits per heavy atom. The Labute approximate surface area is 76.4 Å². The van der Waals surface area contributed by atoms with Crippen LogP contribution in [0, 0.1) is 13.8 Å². The molecule has 0 radical (unpaired) electrons. The molecule has 0 unspecified atom stereocenters. The van der Waals surface area contributed by atoms with Gasteiger partial charge in [-0.2, -0.15) is 0 Å². The number of imidazole rings is 1. The molecule has 0 spiro atoms. The minimum atomic E-state index is 0.536. The summed E-state index contributed by atoms with van der Waals surface area (Å²) in [6, 6.07) is 0. The van der Waals surface area contributed by atoms with Gasteiger partial charge in [0.2, 0.25) is 5.95 Å². The summed E-state index contributed by atoms with van der Waals surface area (Å²) in [5, 5.41) is 0. The van der Waals surface area contributed by atoms with Crippen LogP contribution in [0.25, 0.3) is 11.0 Å². The van der Waals surface area contributed by atoms with Crippen molar-refractivity contribution >= 4 is 17.0 Å². The molecule has 4 heteroatoms. The smallest absolute Gasteiger partial charge is 0.200 e. The molecule has 2 heterocycles. The van der Waals surface area contributed by atoms with Crippen LogP contribution in [0.5, 0.6) is 0 Å². The molecule has 2 aromatic heterocycles. The second kappa shape index (κ2) is 2.45. The van der Waals surface area contributed by atoms with E-state index in [0.29, 0.717) is 5.95 Å². The van der Waals surface area contributed by atoms with Gasteiger partial charge in [0.15, 0.2) is 0 Å². The minimum Gasteiger partial charge on any atom is -0.369 e. The highest BCUT2D eigenvalue weighted by molar-refractivity contribution is 5.82. The van der Waals surface area contributed by atoms with Crippen molar-refractivity contribution in [3.8, 4) is 0 Å². The Morgan fingerprint density at radius 3 is 2.69 bits per heavy atom. The van der Waals surface area contributed by atoms with Gasteiger partial charge in [0.25, 0.3) is 0 Å². The fraction of sp³-hybridized carbons (Fsp3) is 0.333. The number of aryl methyl sites for hydroxylation is 3. The summed E-state index contributed by atoms with van der Waals surface area (Å²) in [6.45, 7) is 3.95. The van der Waals surface area contributed by atoms with Crippen molar-refractivity contribution in [3.05, 3.63) is 17.5 Å². The van der Waals surface area contributed by atoms with Gasteiger partial charge in [0.05, 0.1) is 16.7 Å². The van der Waals surface area contributed by atoms with Crippen LogP contribution >= 0.6 is 0 Å². The largest absolute Gasteiger partial charge is 0.369 e. The molecule has 0 aliphatic rings. The Hall–Kier alpha value is -1.58. The zero-order valence-electron chi connectivity index (χ0n) is 8.00. The molecule has 0 atom stereocenters. The quantitative estimate of drug-likeness (QED) is 0.655. The monoisotopic (exact) mass is 176 g/mol. The minimum absolute atomic E-state index is 0.536. The molecule has 4 nitrogen and oxygen atoms in total. The number of anilines is 1. The van der Waals surface area contributed by atoms with E-state index in [1.807, 2.05) is 31.7 Å². The van der Waals surface area contributed by atoms with Crippen molar-refractivity contribution in [2.24, 2.45) is 7.05 Å². The molecule has 2 aromatic rings. The van der Waals surface area contributed by atoms with Crippen LogP contribution in [0.15, 0.2) is 6.20 Å². The number of nitrogens with two attached hydrogens (primary N) is 1. The lowest BCUT2D eigenvalue weighted by atomic mass is 10.2. The van der Waals surface area contributed by atoms with E-state index in [1.54, 1.807) is 0 Å². The van der Waals surface area contributed by atoms with Gasteiger partial charge in [-0.3, -0.25) is 4.98 Å². The number of hydrogen-bond donors (Lipinski definition) is 1. The maximum absolute atomic E-state index is 5.71. The number of aromatic nitrogens is 3. The molecule has 68 valence electrons. The fourth-order valence-corrected chi connectivity index (χ4v) is 1.52.